The molecule has 2 aromatic rings. The second-order valence-corrected chi connectivity index (χ2v) is 4.65. The van der Waals surface area contributed by atoms with E-state index in [1.165, 1.54) is 12.3 Å². The van der Waals surface area contributed by atoms with Gasteiger partial charge < -0.3 is 5.32 Å². The van der Waals surface area contributed by atoms with E-state index in [1.54, 1.807) is 24.3 Å². The Morgan fingerprint density at radius 2 is 1.89 bits per heavy atom. The first-order valence-corrected chi connectivity index (χ1v) is 6.01. The number of aromatic nitrogens is 1. The highest BCUT2D eigenvalue weighted by atomic mass is 35.5. The highest BCUT2D eigenvalue weighted by Gasteiger charge is 2.09. The normalized spacial score (nSPS) is 10.2. The fourth-order valence-corrected chi connectivity index (χ4v) is 1.87. The van der Waals surface area contributed by atoms with Crippen molar-refractivity contribution in [2.45, 2.75) is 6.92 Å². The van der Waals surface area contributed by atoms with Crippen LogP contribution in [0.5, 0.6) is 0 Å². The molecule has 1 aromatic carbocycles. The number of nitrogens with zero attached hydrogens (tertiary/aromatic N) is 1. The number of amides is 1. The summed E-state index contributed by atoms with van der Waals surface area (Å²) >= 11 is 11.7. The number of carbonyl (C=O) groups excluding carboxylic acids is 1. The monoisotopic (exact) mass is 280 g/mol. The van der Waals surface area contributed by atoms with Gasteiger partial charge in [0.1, 0.15) is 5.69 Å². The van der Waals surface area contributed by atoms with Crippen LogP contribution in [-0.2, 0) is 0 Å². The Kier molecular flexibility index (Phi) is 3.84. The minimum absolute atomic E-state index is 0.275. The number of benzene rings is 1. The van der Waals surface area contributed by atoms with E-state index in [4.69, 9.17) is 23.2 Å². The molecular formula is C13H10Cl2N2O. The topological polar surface area (TPSA) is 42.0 Å². The molecule has 0 saturated carbocycles. The van der Waals surface area contributed by atoms with E-state index >= 15 is 0 Å². The van der Waals surface area contributed by atoms with E-state index in [2.05, 4.69) is 10.3 Å². The molecule has 0 fully saturated rings. The van der Waals surface area contributed by atoms with Crippen LogP contribution in [0.15, 0.2) is 36.5 Å². The third-order valence-electron chi connectivity index (χ3n) is 2.39. The molecule has 92 valence electrons. The molecule has 0 atom stereocenters. The fraction of sp³-hybridized carbons (Fsp3) is 0.0769. The number of anilines is 1. The van der Waals surface area contributed by atoms with Gasteiger partial charge in [-0.3, -0.25) is 9.78 Å². The highest BCUT2D eigenvalue weighted by molar-refractivity contribution is 6.31. The molecule has 1 aromatic heterocycles. The number of carbonyl (C=O) groups is 1. The summed E-state index contributed by atoms with van der Waals surface area (Å²) in [6, 6.07) is 8.38. The molecule has 0 unspecified atom stereocenters. The van der Waals surface area contributed by atoms with Crippen LogP contribution >= 0.6 is 23.2 Å². The first-order valence-electron chi connectivity index (χ1n) is 5.25. The van der Waals surface area contributed by atoms with Crippen molar-refractivity contribution in [3.63, 3.8) is 0 Å². The first-order chi connectivity index (χ1) is 8.56. The third-order valence-corrected chi connectivity index (χ3v) is 2.86. The average molecular weight is 281 g/mol. The largest absolute Gasteiger partial charge is 0.320 e. The smallest absolute Gasteiger partial charge is 0.274 e. The Morgan fingerprint density at radius 1 is 1.17 bits per heavy atom. The molecule has 0 aliphatic carbocycles. The Hall–Kier alpha value is -1.58. The zero-order valence-corrected chi connectivity index (χ0v) is 11.1. The van der Waals surface area contributed by atoms with Gasteiger partial charge in [0.25, 0.3) is 5.91 Å². The number of hydrogen-bond acceptors (Lipinski definition) is 2. The van der Waals surface area contributed by atoms with Gasteiger partial charge in [-0.15, -0.1) is 0 Å². The molecular weight excluding hydrogens is 271 g/mol. The first kappa shape index (κ1) is 12.9. The standard InChI is InChI=1S/C13H10Cl2N2O/c1-8-6-9(14)2-3-11(8)17-13(18)12-7-10(15)4-5-16-12/h2-7H,1H3,(H,17,18). The van der Waals surface area contributed by atoms with Gasteiger partial charge >= 0.3 is 0 Å². The summed E-state index contributed by atoms with van der Waals surface area (Å²) in [6.07, 6.45) is 1.49. The van der Waals surface area contributed by atoms with Gasteiger partial charge in [0.2, 0.25) is 0 Å². The summed E-state index contributed by atoms with van der Waals surface area (Å²) in [4.78, 5) is 15.9. The highest BCUT2D eigenvalue weighted by Crippen LogP contribution is 2.20. The summed E-state index contributed by atoms with van der Waals surface area (Å²) in [5.74, 6) is -0.303. The Labute approximate surface area is 115 Å². The summed E-state index contributed by atoms with van der Waals surface area (Å²) in [5.41, 5.74) is 1.86. The lowest BCUT2D eigenvalue weighted by Crippen LogP contribution is -2.14. The molecule has 1 heterocycles. The Bertz CT molecular complexity index is 599. The maximum atomic E-state index is 11.9. The second kappa shape index (κ2) is 5.38. The van der Waals surface area contributed by atoms with Crippen molar-refractivity contribution in [1.82, 2.24) is 4.98 Å². The van der Waals surface area contributed by atoms with Crippen LogP contribution in [0.1, 0.15) is 16.1 Å². The van der Waals surface area contributed by atoms with Crippen molar-refractivity contribution in [1.29, 1.82) is 0 Å². The maximum absolute atomic E-state index is 11.9. The van der Waals surface area contributed by atoms with Crippen molar-refractivity contribution in [3.8, 4) is 0 Å². The summed E-state index contributed by atoms with van der Waals surface area (Å²) in [6.45, 7) is 1.87. The molecule has 0 saturated heterocycles. The lowest BCUT2D eigenvalue weighted by atomic mass is 10.2. The van der Waals surface area contributed by atoms with Gasteiger partial charge in [-0.2, -0.15) is 0 Å². The SMILES string of the molecule is Cc1cc(Cl)ccc1NC(=O)c1cc(Cl)ccn1. The lowest BCUT2D eigenvalue weighted by molar-refractivity contribution is 0.102. The third kappa shape index (κ3) is 3.00. The molecule has 18 heavy (non-hydrogen) atoms. The van der Waals surface area contributed by atoms with Gasteiger partial charge in [-0.05, 0) is 42.8 Å². The van der Waals surface area contributed by atoms with Gasteiger partial charge in [0, 0.05) is 21.9 Å². The molecule has 5 heteroatoms. The summed E-state index contributed by atoms with van der Waals surface area (Å²) in [7, 11) is 0. The van der Waals surface area contributed by atoms with Crippen LogP contribution in [0.4, 0.5) is 5.69 Å². The van der Waals surface area contributed by atoms with Crippen LogP contribution in [-0.4, -0.2) is 10.9 Å². The molecule has 0 aliphatic rings. The molecule has 3 nitrogen and oxygen atoms in total. The average Bonchev–Trinajstić information content (AvgIpc) is 2.32. The number of halogens is 2. The molecule has 1 amide bonds. The van der Waals surface area contributed by atoms with E-state index in [-0.39, 0.29) is 11.6 Å². The van der Waals surface area contributed by atoms with Crippen LogP contribution in [0.2, 0.25) is 10.0 Å². The summed E-state index contributed by atoms with van der Waals surface area (Å²) < 4.78 is 0. The number of nitrogens with one attached hydrogen (secondary N) is 1. The Morgan fingerprint density at radius 3 is 2.56 bits per heavy atom. The van der Waals surface area contributed by atoms with Crippen LogP contribution in [0, 0.1) is 6.92 Å². The minimum atomic E-state index is -0.303. The summed E-state index contributed by atoms with van der Waals surface area (Å²) in [5, 5.41) is 3.87. The molecule has 0 aliphatic heterocycles. The lowest BCUT2D eigenvalue weighted by Gasteiger charge is -2.08. The van der Waals surface area contributed by atoms with E-state index in [9.17, 15) is 4.79 Å². The van der Waals surface area contributed by atoms with Crippen molar-refractivity contribution < 1.29 is 4.79 Å². The number of pyridine rings is 1. The van der Waals surface area contributed by atoms with Crippen molar-refractivity contribution in [3.05, 3.63) is 57.8 Å². The van der Waals surface area contributed by atoms with Crippen LogP contribution < -0.4 is 5.32 Å². The molecule has 0 spiro atoms. The number of rotatable bonds is 2. The molecule has 0 bridgehead atoms. The molecule has 1 N–H and O–H groups in total. The minimum Gasteiger partial charge on any atom is -0.320 e. The van der Waals surface area contributed by atoms with Gasteiger partial charge in [-0.25, -0.2) is 0 Å². The van der Waals surface area contributed by atoms with Crippen molar-refractivity contribution in [2.24, 2.45) is 0 Å². The zero-order valence-electron chi connectivity index (χ0n) is 9.58. The van der Waals surface area contributed by atoms with Gasteiger partial charge in [0.15, 0.2) is 0 Å². The van der Waals surface area contributed by atoms with E-state index in [0.29, 0.717) is 15.7 Å². The van der Waals surface area contributed by atoms with Crippen molar-refractivity contribution in [2.75, 3.05) is 5.32 Å². The van der Waals surface area contributed by atoms with Gasteiger partial charge in [-0.1, -0.05) is 23.2 Å². The van der Waals surface area contributed by atoms with Crippen LogP contribution in [0.3, 0.4) is 0 Å². The molecule has 0 radical (unpaired) electrons. The van der Waals surface area contributed by atoms with Crippen molar-refractivity contribution >= 4 is 34.8 Å². The maximum Gasteiger partial charge on any atom is 0.274 e. The fourth-order valence-electron chi connectivity index (χ4n) is 1.48. The Balaban J connectivity index is 2.21. The van der Waals surface area contributed by atoms with E-state index in [0.717, 1.165) is 5.56 Å². The number of hydrogen-bond donors (Lipinski definition) is 1. The molecule has 2 rings (SSSR count). The van der Waals surface area contributed by atoms with E-state index < -0.39 is 0 Å². The zero-order chi connectivity index (χ0) is 13.1. The second-order valence-electron chi connectivity index (χ2n) is 3.77. The predicted molar refractivity (Wildman–Crippen MR) is 73.4 cm³/mol. The predicted octanol–water partition coefficient (Wildman–Crippen LogP) is 3.95. The van der Waals surface area contributed by atoms with E-state index in [1.807, 2.05) is 6.92 Å². The van der Waals surface area contributed by atoms with Crippen LogP contribution in [0.25, 0.3) is 0 Å². The van der Waals surface area contributed by atoms with Gasteiger partial charge in [0.05, 0.1) is 0 Å². The number of aryl methyl sites for hydroxylation is 1. The quantitative estimate of drug-likeness (QED) is 0.905.